The highest BCUT2D eigenvalue weighted by Gasteiger charge is 2.48. The summed E-state index contributed by atoms with van der Waals surface area (Å²) in [5.74, 6) is 0. The SMILES string of the molecule is C.CC(C)(C)c1ccc(N2c3cc(N(c4ccccc4)c4ccccc4)ccc3B3c4ccccc4N(c4ccccc4)c4cccc2c43)cc1.Cc1ccc(N2c3cc(N(c4ccccc4)c4ccccc4)ccc3B3c4ccccc4N(c4ccccc4)c4cccc2c43)cc1.c1ccc(N2c3ccccc3B3c4c2cccc4N(c2ccccc2)c2ccc4ccccc4c23)cc1. The van der Waals surface area contributed by atoms with E-state index in [0.717, 1.165) is 56.9 Å². The van der Waals surface area contributed by atoms with Crippen molar-refractivity contribution in [3.63, 3.8) is 0 Å². The van der Waals surface area contributed by atoms with Gasteiger partial charge in [-0.25, -0.2) is 0 Å². The number of para-hydroxylation sites is 11. The zero-order valence-electron chi connectivity index (χ0n) is 75.1. The van der Waals surface area contributed by atoms with Gasteiger partial charge in [0.15, 0.2) is 0 Å². The third-order valence-electron chi connectivity index (χ3n) is 27.5. The lowest BCUT2D eigenvalue weighted by molar-refractivity contribution is 0.590. The highest BCUT2D eigenvalue weighted by atomic mass is 15.2. The normalized spacial score (nSPS) is 12.8. The third-order valence-corrected chi connectivity index (χ3v) is 27.5. The summed E-state index contributed by atoms with van der Waals surface area (Å²) in [6.45, 7) is 9.29. The van der Waals surface area contributed by atoms with Gasteiger partial charge in [-0.15, -0.1) is 0 Å². The summed E-state index contributed by atoms with van der Waals surface area (Å²) >= 11 is 0. The Morgan fingerprint density at radius 1 is 0.193 bits per heavy atom. The van der Waals surface area contributed by atoms with Gasteiger partial charge in [-0.3, -0.25) is 0 Å². The summed E-state index contributed by atoms with van der Waals surface area (Å²) in [6.07, 6.45) is 0. The van der Waals surface area contributed by atoms with Crippen LogP contribution in [0.25, 0.3) is 10.8 Å². The molecule has 26 rings (SSSR count). The van der Waals surface area contributed by atoms with E-state index in [-0.39, 0.29) is 33.0 Å². The number of hydrogen-bond acceptors (Lipinski definition) is 8. The molecular formula is C124H97B3N8. The molecule has 0 spiro atoms. The highest BCUT2D eigenvalue weighted by molar-refractivity contribution is 7.02. The Balaban J connectivity index is 0.000000115. The maximum absolute atomic E-state index is 2.49. The second-order valence-electron chi connectivity index (χ2n) is 36.3. The average Bonchev–Trinajstić information content (AvgIpc) is 0.697. The molecule has 0 amide bonds. The molecule has 20 aromatic carbocycles. The molecule has 6 heterocycles. The number of aryl methyl sites for hydroxylation is 1. The molecule has 6 aliphatic rings. The minimum atomic E-state index is 0. The van der Waals surface area contributed by atoms with Gasteiger partial charge in [0.2, 0.25) is 0 Å². The maximum Gasteiger partial charge on any atom is 0.252 e. The smallest absolute Gasteiger partial charge is 0.252 e. The standard InChI is InChI=1S/C46H38BN3.C43H32BN3.C34H23BN2.CH4/c1-46(2,3)33-26-28-37(29-27-33)50-43-25-15-24-42-45(43)47(39-22-13-14-23-41(39)49(42)36-20-11-6-12-21-36)40-31-30-38(32-44(40)50)48(34-16-7-4-8-17-34)35-18-9-5-10-19-35;1-31-24-26-35(27-25-31)47-41-23-13-22-40-43(41)44(37-20-11-12-21-39(37)46(40)34-18-9-4-10-19-34)38-29-28-36(30-42(38)47)45(32-14-5-2-6-15-32)33-16-7-3-8-17-33;1-3-13-25(14-4-1)36-29-19-10-9-18-28(29)35-33-27-17-8-7-12-24(27)22-23-32(33)37(26-15-5-2-6-16-26)31-21-11-20-30(36)34(31)35;/h4-32H,1-3H3;2-30H,1H3;1-23H;1H4. The molecule has 0 fully saturated rings. The van der Waals surface area contributed by atoms with Crippen LogP contribution in [0.1, 0.15) is 39.3 Å². The molecule has 0 unspecified atom stereocenters. The Hall–Kier alpha value is -16.7. The molecule has 0 radical (unpaired) electrons. The van der Waals surface area contributed by atoms with E-state index in [1.165, 1.54) is 151 Å². The lowest BCUT2D eigenvalue weighted by Crippen LogP contribution is -2.61. The van der Waals surface area contributed by atoms with Crippen molar-refractivity contribution in [2.24, 2.45) is 0 Å². The molecule has 135 heavy (non-hydrogen) atoms. The predicted octanol–water partition coefficient (Wildman–Crippen LogP) is 27.6. The van der Waals surface area contributed by atoms with Gasteiger partial charge in [-0.1, -0.05) is 319 Å². The molecule has 0 aliphatic carbocycles. The highest BCUT2D eigenvalue weighted by Crippen LogP contribution is 2.51. The maximum atomic E-state index is 2.49. The van der Waals surface area contributed by atoms with Crippen LogP contribution < -0.4 is 88.4 Å². The van der Waals surface area contributed by atoms with Crippen LogP contribution in [-0.2, 0) is 5.41 Å². The van der Waals surface area contributed by atoms with Gasteiger partial charge in [0.05, 0.1) is 0 Å². The number of nitrogens with zero attached hydrogens (tertiary/aromatic N) is 8. The van der Waals surface area contributed by atoms with Gasteiger partial charge < -0.3 is 39.2 Å². The largest absolute Gasteiger partial charge is 0.311 e. The molecule has 20 aromatic rings. The molecule has 0 atom stereocenters. The first-order valence-corrected chi connectivity index (χ1v) is 46.6. The van der Waals surface area contributed by atoms with E-state index in [0.29, 0.717) is 0 Å². The number of rotatable bonds is 12. The fourth-order valence-electron chi connectivity index (χ4n) is 21.7. The van der Waals surface area contributed by atoms with Crippen LogP contribution in [0, 0.1) is 6.92 Å². The number of benzene rings is 20. The van der Waals surface area contributed by atoms with Crippen LogP contribution >= 0.6 is 0 Å². The van der Waals surface area contributed by atoms with Crippen molar-refractivity contribution in [1.82, 2.24) is 0 Å². The van der Waals surface area contributed by atoms with E-state index in [1.807, 2.05) is 0 Å². The topological polar surface area (TPSA) is 25.9 Å². The summed E-state index contributed by atoms with van der Waals surface area (Å²) in [6, 6.07) is 179. The van der Waals surface area contributed by atoms with E-state index >= 15 is 0 Å². The lowest BCUT2D eigenvalue weighted by Gasteiger charge is -2.44. The van der Waals surface area contributed by atoms with E-state index in [1.54, 1.807) is 0 Å². The third kappa shape index (κ3) is 14.3. The molecule has 6 aliphatic heterocycles. The number of anilines is 24. The van der Waals surface area contributed by atoms with Crippen molar-refractivity contribution in [2.45, 2.75) is 40.5 Å². The Labute approximate surface area is 793 Å². The zero-order valence-corrected chi connectivity index (χ0v) is 75.1. The van der Waals surface area contributed by atoms with Crippen LogP contribution in [0.3, 0.4) is 0 Å². The molecule has 0 saturated carbocycles. The fraction of sp³-hybridized carbons (Fsp3) is 0.0484. The first-order valence-electron chi connectivity index (χ1n) is 46.6. The minimum absolute atomic E-state index is 0. The summed E-state index contributed by atoms with van der Waals surface area (Å²) in [5.41, 5.74) is 43.0. The minimum Gasteiger partial charge on any atom is -0.311 e. The van der Waals surface area contributed by atoms with Crippen molar-refractivity contribution in [3.8, 4) is 0 Å². The summed E-state index contributed by atoms with van der Waals surface area (Å²) in [7, 11) is 0. The number of fused-ring (bicyclic) bond motifs is 14. The van der Waals surface area contributed by atoms with Gasteiger partial charge in [0.25, 0.3) is 20.1 Å². The van der Waals surface area contributed by atoms with Crippen LogP contribution in [0.4, 0.5) is 136 Å². The van der Waals surface area contributed by atoms with E-state index in [9.17, 15) is 0 Å². The quantitative estimate of drug-likeness (QED) is 0.112. The number of hydrogen-bond donors (Lipinski definition) is 0. The van der Waals surface area contributed by atoms with Crippen LogP contribution in [0.2, 0.25) is 0 Å². The predicted molar refractivity (Wildman–Crippen MR) is 578 cm³/mol. The zero-order chi connectivity index (χ0) is 89.5. The van der Waals surface area contributed by atoms with E-state index in [2.05, 4.69) is 558 Å². The molecule has 0 saturated heterocycles. The second-order valence-corrected chi connectivity index (χ2v) is 36.3. The van der Waals surface area contributed by atoms with Crippen molar-refractivity contribution in [3.05, 3.63) is 503 Å². The fourth-order valence-corrected chi connectivity index (χ4v) is 21.7. The Morgan fingerprint density at radius 2 is 0.452 bits per heavy atom. The van der Waals surface area contributed by atoms with Gasteiger partial charge in [0.1, 0.15) is 0 Å². The lowest BCUT2D eigenvalue weighted by atomic mass is 9.33. The Morgan fingerprint density at radius 3 is 0.807 bits per heavy atom. The molecular weight excluding hydrogens is 1630 g/mol. The molecule has 8 nitrogen and oxygen atoms in total. The first kappa shape index (κ1) is 82.7. The molecule has 0 aromatic heterocycles. The van der Waals surface area contributed by atoms with Crippen LogP contribution in [0.15, 0.2) is 491 Å². The van der Waals surface area contributed by atoms with Crippen molar-refractivity contribution < 1.29 is 0 Å². The van der Waals surface area contributed by atoms with E-state index < -0.39 is 0 Å². The Kier molecular flexibility index (Phi) is 21.1. The molecule has 0 N–H and O–H groups in total. The van der Waals surface area contributed by atoms with Gasteiger partial charge in [0, 0.05) is 136 Å². The molecule has 11 heteroatoms. The summed E-state index contributed by atoms with van der Waals surface area (Å²) in [5, 5.41) is 2.59. The van der Waals surface area contributed by atoms with E-state index in [4.69, 9.17) is 0 Å². The van der Waals surface area contributed by atoms with Crippen molar-refractivity contribution >= 4 is 217 Å². The average molecular weight is 1730 g/mol. The van der Waals surface area contributed by atoms with Crippen LogP contribution in [-0.4, -0.2) is 20.1 Å². The summed E-state index contributed by atoms with van der Waals surface area (Å²) < 4.78 is 0. The van der Waals surface area contributed by atoms with Crippen molar-refractivity contribution in [2.75, 3.05) is 39.2 Å². The van der Waals surface area contributed by atoms with Gasteiger partial charge >= 0.3 is 0 Å². The monoisotopic (exact) mass is 1730 g/mol. The van der Waals surface area contributed by atoms with Crippen LogP contribution in [0.5, 0.6) is 0 Å². The summed E-state index contributed by atoms with van der Waals surface area (Å²) in [4.78, 5) is 19.4. The second kappa shape index (κ2) is 34.5. The Bertz CT molecular complexity index is 7700. The van der Waals surface area contributed by atoms with Crippen molar-refractivity contribution in [1.29, 1.82) is 0 Å². The molecule has 0 bridgehead atoms. The van der Waals surface area contributed by atoms with Gasteiger partial charge in [-0.2, -0.15) is 0 Å². The molecule has 642 valence electrons. The first-order chi connectivity index (χ1) is 66.1. The van der Waals surface area contributed by atoms with Gasteiger partial charge in [-0.05, 0) is 284 Å².